The van der Waals surface area contributed by atoms with E-state index in [0.29, 0.717) is 18.4 Å². The lowest BCUT2D eigenvalue weighted by molar-refractivity contribution is -0.262. The van der Waals surface area contributed by atoms with Crippen LogP contribution in [0.5, 0.6) is 0 Å². The predicted octanol–water partition coefficient (Wildman–Crippen LogP) is 2.27. The van der Waals surface area contributed by atoms with E-state index in [-0.39, 0.29) is 0 Å². The lowest BCUT2D eigenvalue weighted by Crippen LogP contribution is -2.61. The molecule has 1 heterocycles. The molecule has 0 aromatic heterocycles. The second kappa shape index (κ2) is 7.51. The lowest BCUT2D eigenvalue weighted by Gasteiger charge is -2.46. The van der Waals surface area contributed by atoms with Gasteiger partial charge in [-0.05, 0) is 19.8 Å². The van der Waals surface area contributed by atoms with E-state index in [0.717, 1.165) is 12.5 Å². The van der Waals surface area contributed by atoms with Gasteiger partial charge in [0.25, 0.3) is 0 Å². The maximum atomic E-state index is 11.8. The van der Waals surface area contributed by atoms with Gasteiger partial charge in [0.15, 0.2) is 11.9 Å². The molecule has 0 aromatic carbocycles. The van der Waals surface area contributed by atoms with Gasteiger partial charge in [-0.15, -0.1) is 0 Å². The fraction of sp³-hybridized carbons (Fsp3) is 0.786. The van der Waals surface area contributed by atoms with E-state index in [1.54, 1.807) is 28.3 Å². The van der Waals surface area contributed by atoms with Gasteiger partial charge in [0.2, 0.25) is 0 Å². The highest BCUT2D eigenvalue weighted by Gasteiger charge is 2.55. The van der Waals surface area contributed by atoms with Crippen LogP contribution in [0.1, 0.15) is 33.1 Å². The van der Waals surface area contributed by atoms with Gasteiger partial charge in [0.05, 0.1) is 0 Å². The third-order valence-electron chi connectivity index (χ3n) is 3.76. The Labute approximate surface area is 127 Å². The number of ether oxygens (including phenoxy) is 2. The summed E-state index contributed by atoms with van der Waals surface area (Å²) in [5, 5.41) is 0. The standard InChI is InChI=1S/C14H26O6Si/c1-7-12(19-13(15)11(2)3)14(16-4)9-8-10-21(17-5,18-6)20-14/h12H,2,7-10H2,1,3-6H3. The summed E-state index contributed by atoms with van der Waals surface area (Å²) in [6, 6.07) is 0.718. The van der Waals surface area contributed by atoms with E-state index < -0.39 is 26.7 Å². The Morgan fingerprint density at radius 2 is 2.00 bits per heavy atom. The molecule has 0 saturated carbocycles. The van der Waals surface area contributed by atoms with Crippen LogP contribution in [0.4, 0.5) is 0 Å². The molecule has 2 atom stereocenters. The molecule has 0 N–H and O–H groups in total. The number of methoxy groups -OCH3 is 1. The van der Waals surface area contributed by atoms with Crippen LogP contribution in [-0.4, -0.2) is 48.0 Å². The first kappa shape index (κ1) is 18.3. The van der Waals surface area contributed by atoms with Crippen molar-refractivity contribution in [2.45, 2.75) is 51.0 Å². The molecule has 0 amide bonds. The summed E-state index contributed by atoms with van der Waals surface area (Å²) in [5.41, 5.74) is 0.345. The Hall–Kier alpha value is -0.733. The average Bonchev–Trinajstić information content (AvgIpc) is 2.51. The van der Waals surface area contributed by atoms with Crippen LogP contribution in [0.15, 0.2) is 12.2 Å². The second-order valence-electron chi connectivity index (χ2n) is 5.15. The van der Waals surface area contributed by atoms with Crippen LogP contribution in [0, 0.1) is 0 Å². The van der Waals surface area contributed by atoms with Crippen molar-refractivity contribution in [2.24, 2.45) is 0 Å². The molecule has 0 spiro atoms. The number of esters is 1. The minimum Gasteiger partial charge on any atom is -0.453 e. The highest BCUT2D eigenvalue weighted by atomic mass is 28.4. The fourth-order valence-corrected chi connectivity index (χ4v) is 4.80. The number of hydrogen-bond acceptors (Lipinski definition) is 6. The smallest absolute Gasteiger partial charge is 0.453 e. The van der Waals surface area contributed by atoms with Crippen molar-refractivity contribution in [1.29, 1.82) is 0 Å². The van der Waals surface area contributed by atoms with Crippen LogP contribution in [0.3, 0.4) is 0 Å². The van der Waals surface area contributed by atoms with E-state index in [9.17, 15) is 4.79 Å². The van der Waals surface area contributed by atoms with Gasteiger partial charge in [-0.3, -0.25) is 0 Å². The first-order valence-electron chi connectivity index (χ1n) is 7.10. The number of carbonyl (C=O) groups excluding carboxylic acids is 1. The lowest BCUT2D eigenvalue weighted by atomic mass is 10.0. The van der Waals surface area contributed by atoms with Crippen molar-refractivity contribution in [3.05, 3.63) is 12.2 Å². The van der Waals surface area contributed by atoms with Crippen LogP contribution < -0.4 is 0 Å². The maximum absolute atomic E-state index is 11.8. The molecule has 6 nitrogen and oxygen atoms in total. The third kappa shape index (κ3) is 3.92. The monoisotopic (exact) mass is 318 g/mol. The number of hydrogen-bond donors (Lipinski definition) is 0. The Morgan fingerprint density at radius 3 is 2.43 bits per heavy atom. The highest BCUT2D eigenvalue weighted by Crippen LogP contribution is 2.39. The SMILES string of the molecule is C=C(C)C(=O)OC(CC)C1(OC)CCC[Si](OC)(OC)O1. The summed E-state index contributed by atoms with van der Waals surface area (Å²) in [6.45, 7) is 7.13. The predicted molar refractivity (Wildman–Crippen MR) is 79.6 cm³/mol. The molecular weight excluding hydrogens is 292 g/mol. The zero-order chi connectivity index (χ0) is 16.1. The second-order valence-corrected chi connectivity index (χ2v) is 8.03. The summed E-state index contributed by atoms with van der Waals surface area (Å²) in [5.74, 6) is -1.48. The Balaban J connectivity index is 3.00. The van der Waals surface area contributed by atoms with Crippen molar-refractivity contribution >= 4 is 14.8 Å². The van der Waals surface area contributed by atoms with Crippen molar-refractivity contribution in [3.63, 3.8) is 0 Å². The van der Waals surface area contributed by atoms with Crippen molar-refractivity contribution < 1.29 is 27.5 Å². The quantitative estimate of drug-likeness (QED) is 0.408. The molecule has 2 unspecified atom stereocenters. The Bertz CT molecular complexity index is 382. The molecule has 7 heteroatoms. The molecule has 0 aliphatic carbocycles. The maximum Gasteiger partial charge on any atom is 0.502 e. The van der Waals surface area contributed by atoms with Crippen LogP contribution in [-0.2, 0) is 27.5 Å². The van der Waals surface area contributed by atoms with E-state index in [1.807, 2.05) is 6.92 Å². The molecule has 1 aliphatic heterocycles. The van der Waals surface area contributed by atoms with E-state index >= 15 is 0 Å². The molecule has 1 rings (SSSR count). The minimum absolute atomic E-state index is 0.345. The van der Waals surface area contributed by atoms with Gasteiger partial charge in [-0.2, -0.15) is 0 Å². The highest BCUT2D eigenvalue weighted by molar-refractivity contribution is 6.60. The third-order valence-corrected chi connectivity index (χ3v) is 6.63. The van der Waals surface area contributed by atoms with E-state index in [2.05, 4.69) is 6.58 Å². The number of carbonyl (C=O) groups is 1. The van der Waals surface area contributed by atoms with Crippen molar-refractivity contribution in [3.8, 4) is 0 Å². The molecule has 21 heavy (non-hydrogen) atoms. The molecule has 122 valence electrons. The summed E-state index contributed by atoms with van der Waals surface area (Å²) in [7, 11) is 1.91. The molecule has 0 radical (unpaired) electrons. The Morgan fingerprint density at radius 1 is 1.38 bits per heavy atom. The van der Waals surface area contributed by atoms with E-state index in [1.165, 1.54) is 0 Å². The van der Waals surface area contributed by atoms with Crippen LogP contribution in [0.25, 0.3) is 0 Å². The minimum atomic E-state index is -2.78. The fourth-order valence-electron chi connectivity index (χ4n) is 2.50. The molecular formula is C14H26O6Si. The van der Waals surface area contributed by atoms with Gasteiger partial charge in [-0.1, -0.05) is 13.5 Å². The summed E-state index contributed by atoms with van der Waals surface area (Å²) in [6.07, 6.45) is 1.46. The zero-order valence-corrected chi connectivity index (χ0v) is 14.6. The van der Waals surface area contributed by atoms with Gasteiger partial charge >= 0.3 is 14.8 Å². The normalized spacial score (nSPS) is 26.1. The molecule has 1 saturated heterocycles. The van der Waals surface area contributed by atoms with Gasteiger partial charge in [-0.25, -0.2) is 4.79 Å². The molecule has 0 aromatic rings. The summed E-state index contributed by atoms with van der Waals surface area (Å²) < 4.78 is 28.2. The van der Waals surface area contributed by atoms with Gasteiger partial charge in [0.1, 0.15) is 0 Å². The summed E-state index contributed by atoms with van der Waals surface area (Å²) >= 11 is 0. The van der Waals surface area contributed by atoms with E-state index in [4.69, 9.17) is 22.8 Å². The first-order chi connectivity index (χ1) is 9.88. The number of rotatable bonds is 7. The Kier molecular flexibility index (Phi) is 6.55. The van der Waals surface area contributed by atoms with Crippen LogP contribution >= 0.6 is 0 Å². The first-order valence-corrected chi connectivity index (χ1v) is 9.04. The van der Waals surface area contributed by atoms with Gasteiger partial charge < -0.3 is 22.8 Å². The zero-order valence-electron chi connectivity index (χ0n) is 13.6. The topological polar surface area (TPSA) is 63.2 Å². The largest absolute Gasteiger partial charge is 0.502 e. The van der Waals surface area contributed by atoms with Crippen molar-refractivity contribution in [2.75, 3.05) is 21.3 Å². The van der Waals surface area contributed by atoms with Gasteiger partial charge in [0, 0.05) is 39.4 Å². The van der Waals surface area contributed by atoms with Crippen LogP contribution in [0.2, 0.25) is 6.04 Å². The average molecular weight is 318 g/mol. The van der Waals surface area contributed by atoms with Crippen molar-refractivity contribution in [1.82, 2.24) is 0 Å². The summed E-state index contributed by atoms with van der Waals surface area (Å²) in [4.78, 5) is 11.8. The molecule has 1 fully saturated rings. The molecule has 0 bridgehead atoms. The molecule has 1 aliphatic rings.